The van der Waals surface area contributed by atoms with Gasteiger partial charge in [0.25, 0.3) is 0 Å². The number of nitrogens with two attached hydrogens (primary N) is 1. The lowest BCUT2D eigenvalue weighted by Crippen LogP contribution is -1.97. The van der Waals surface area contributed by atoms with Gasteiger partial charge in [-0.15, -0.1) is 0 Å². The molecular formula is C14H17N3S. The first kappa shape index (κ1) is 14.4. The fraction of sp³-hybridized carbons (Fsp3) is 0.143. The van der Waals surface area contributed by atoms with E-state index >= 15 is 0 Å². The van der Waals surface area contributed by atoms with Crippen LogP contribution in [0.5, 0.6) is 0 Å². The molecular weight excluding hydrogens is 242 g/mol. The van der Waals surface area contributed by atoms with E-state index < -0.39 is 0 Å². The Morgan fingerprint density at radius 3 is 1.39 bits per heavy atom. The molecule has 0 saturated heterocycles. The second-order valence-corrected chi connectivity index (χ2v) is 3.83. The Morgan fingerprint density at radius 2 is 1.11 bits per heavy atom. The first-order chi connectivity index (χ1) is 8.86. The molecule has 0 atom stereocenters. The predicted molar refractivity (Wildman–Crippen MR) is 80.0 cm³/mol. The van der Waals surface area contributed by atoms with E-state index in [-0.39, 0.29) is 0 Å². The van der Waals surface area contributed by atoms with Crippen molar-refractivity contribution in [3.8, 4) is 0 Å². The summed E-state index contributed by atoms with van der Waals surface area (Å²) in [6.07, 6.45) is 0. The third-order valence-electron chi connectivity index (χ3n) is 1.92. The van der Waals surface area contributed by atoms with Crippen molar-refractivity contribution in [2.45, 2.75) is 0 Å². The van der Waals surface area contributed by atoms with Crippen molar-refractivity contribution >= 4 is 24.0 Å². The van der Waals surface area contributed by atoms with Gasteiger partial charge in [0.15, 0.2) is 0 Å². The Kier molecular flexibility index (Phi) is 7.52. The predicted octanol–water partition coefficient (Wildman–Crippen LogP) is 3.98. The summed E-state index contributed by atoms with van der Waals surface area (Å²) in [5.74, 6) is 0.792. The first-order valence-corrected chi connectivity index (χ1v) is 6.33. The molecule has 94 valence electrons. The third-order valence-corrected chi connectivity index (χ3v) is 2.18. The van der Waals surface area contributed by atoms with E-state index in [1.807, 2.05) is 60.7 Å². The van der Waals surface area contributed by atoms with Gasteiger partial charge in [-0.25, -0.2) is 0 Å². The van der Waals surface area contributed by atoms with Crippen LogP contribution in [-0.2, 0) is 0 Å². The number of azo groups is 1. The summed E-state index contributed by atoms with van der Waals surface area (Å²) >= 11 is 3.80. The molecule has 0 aromatic heterocycles. The standard InChI is InChI=1S/C12H10N2.C2H7NS/c1-3-7-11(8-4-1)13-14-12-9-5-2-6-10-12;3-1-2-4/h1-10H;4H,1-3H2. The van der Waals surface area contributed by atoms with Crippen LogP contribution in [0.25, 0.3) is 0 Å². The Labute approximate surface area is 113 Å². The lowest BCUT2D eigenvalue weighted by molar-refractivity contribution is 1.16. The van der Waals surface area contributed by atoms with Crippen LogP contribution in [0.2, 0.25) is 0 Å². The number of hydrogen-bond acceptors (Lipinski definition) is 4. The van der Waals surface area contributed by atoms with E-state index in [2.05, 4.69) is 22.9 Å². The molecule has 2 rings (SSSR count). The molecule has 0 radical (unpaired) electrons. The molecule has 2 aromatic rings. The van der Waals surface area contributed by atoms with Crippen LogP contribution < -0.4 is 5.73 Å². The van der Waals surface area contributed by atoms with Crippen LogP contribution in [-0.4, -0.2) is 12.3 Å². The molecule has 0 saturated carbocycles. The molecule has 18 heavy (non-hydrogen) atoms. The van der Waals surface area contributed by atoms with Crippen LogP contribution in [0.3, 0.4) is 0 Å². The highest BCUT2D eigenvalue weighted by atomic mass is 32.1. The van der Waals surface area contributed by atoms with Crippen molar-refractivity contribution in [1.29, 1.82) is 0 Å². The lowest BCUT2D eigenvalue weighted by Gasteiger charge is -1.91. The average molecular weight is 259 g/mol. The highest BCUT2D eigenvalue weighted by Gasteiger charge is 1.86. The fourth-order valence-corrected chi connectivity index (χ4v) is 1.10. The molecule has 0 fully saturated rings. The van der Waals surface area contributed by atoms with Gasteiger partial charge in [-0.2, -0.15) is 22.9 Å². The summed E-state index contributed by atoms with van der Waals surface area (Å²) < 4.78 is 0. The number of hydrogen-bond donors (Lipinski definition) is 2. The third kappa shape index (κ3) is 6.18. The van der Waals surface area contributed by atoms with E-state index in [0.717, 1.165) is 17.1 Å². The largest absolute Gasteiger partial charge is 0.330 e. The van der Waals surface area contributed by atoms with Crippen molar-refractivity contribution in [3.63, 3.8) is 0 Å². The lowest BCUT2D eigenvalue weighted by atomic mass is 10.3. The fourth-order valence-electron chi connectivity index (χ4n) is 1.10. The minimum Gasteiger partial charge on any atom is -0.330 e. The molecule has 0 bridgehead atoms. The molecule has 3 nitrogen and oxygen atoms in total. The normalized spacial score (nSPS) is 9.89. The number of thiol groups is 1. The molecule has 0 aliphatic rings. The van der Waals surface area contributed by atoms with E-state index in [0.29, 0.717) is 6.54 Å². The first-order valence-electron chi connectivity index (χ1n) is 5.69. The van der Waals surface area contributed by atoms with Crippen molar-refractivity contribution in [1.82, 2.24) is 0 Å². The van der Waals surface area contributed by atoms with Crippen LogP contribution in [0.1, 0.15) is 0 Å². The second-order valence-electron chi connectivity index (χ2n) is 3.38. The van der Waals surface area contributed by atoms with Gasteiger partial charge < -0.3 is 5.73 Å². The quantitative estimate of drug-likeness (QED) is 0.636. The van der Waals surface area contributed by atoms with Gasteiger partial charge >= 0.3 is 0 Å². The minimum atomic E-state index is 0.684. The maximum Gasteiger partial charge on any atom is 0.0857 e. The zero-order valence-electron chi connectivity index (χ0n) is 10.1. The summed E-state index contributed by atoms with van der Waals surface area (Å²) in [6, 6.07) is 19.4. The van der Waals surface area contributed by atoms with E-state index in [9.17, 15) is 0 Å². The molecule has 0 aliphatic carbocycles. The Bertz CT molecular complexity index is 400. The summed E-state index contributed by atoms with van der Waals surface area (Å²) in [5.41, 5.74) is 6.69. The summed E-state index contributed by atoms with van der Waals surface area (Å²) in [5, 5.41) is 8.20. The van der Waals surface area contributed by atoms with Gasteiger partial charge in [0.1, 0.15) is 0 Å². The zero-order chi connectivity index (χ0) is 13.1. The highest BCUT2D eigenvalue weighted by molar-refractivity contribution is 7.80. The van der Waals surface area contributed by atoms with E-state index in [1.54, 1.807) is 0 Å². The average Bonchev–Trinajstić information content (AvgIpc) is 2.47. The molecule has 0 aliphatic heterocycles. The molecule has 0 heterocycles. The van der Waals surface area contributed by atoms with Gasteiger partial charge in [-0.05, 0) is 24.3 Å². The number of nitrogens with zero attached hydrogens (tertiary/aromatic N) is 2. The maximum absolute atomic E-state index is 4.95. The Balaban J connectivity index is 0.000000357. The van der Waals surface area contributed by atoms with Gasteiger partial charge in [-0.3, -0.25) is 0 Å². The SMILES string of the molecule is NCCS.c1ccc(N=Nc2ccccc2)cc1. The van der Waals surface area contributed by atoms with E-state index in [4.69, 9.17) is 5.73 Å². The molecule has 0 amide bonds. The van der Waals surface area contributed by atoms with Crippen molar-refractivity contribution in [3.05, 3.63) is 60.7 Å². The molecule has 2 N–H and O–H groups in total. The van der Waals surface area contributed by atoms with Crippen LogP contribution in [0.15, 0.2) is 70.9 Å². The van der Waals surface area contributed by atoms with E-state index in [1.165, 1.54) is 0 Å². The van der Waals surface area contributed by atoms with Crippen LogP contribution in [0.4, 0.5) is 11.4 Å². The van der Waals surface area contributed by atoms with Gasteiger partial charge in [0, 0.05) is 12.3 Å². The Morgan fingerprint density at radius 1 is 0.778 bits per heavy atom. The molecule has 0 spiro atoms. The van der Waals surface area contributed by atoms with Crippen molar-refractivity contribution < 1.29 is 0 Å². The topological polar surface area (TPSA) is 50.7 Å². The van der Waals surface area contributed by atoms with Gasteiger partial charge in [-0.1, -0.05) is 36.4 Å². The molecule has 4 heteroatoms. The molecule has 2 aromatic carbocycles. The van der Waals surface area contributed by atoms with Crippen molar-refractivity contribution in [2.24, 2.45) is 16.0 Å². The second kappa shape index (κ2) is 9.39. The van der Waals surface area contributed by atoms with Crippen LogP contribution >= 0.6 is 12.6 Å². The number of benzene rings is 2. The number of rotatable bonds is 3. The maximum atomic E-state index is 4.95. The van der Waals surface area contributed by atoms with Gasteiger partial charge in [0.2, 0.25) is 0 Å². The summed E-state index contributed by atoms with van der Waals surface area (Å²) in [6.45, 7) is 0.684. The zero-order valence-corrected chi connectivity index (χ0v) is 11.0. The smallest absolute Gasteiger partial charge is 0.0857 e. The Hall–Kier alpha value is -1.65. The summed E-state index contributed by atoms with van der Waals surface area (Å²) in [7, 11) is 0. The highest BCUT2D eigenvalue weighted by Crippen LogP contribution is 2.16. The van der Waals surface area contributed by atoms with Gasteiger partial charge in [0.05, 0.1) is 11.4 Å². The monoisotopic (exact) mass is 259 g/mol. The van der Waals surface area contributed by atoms with Crippen LogP contribution in [0, 0.1) is 0 Å². The molecule has 0 unspecified atom stereocenters. The summed E-state index contributed by atoms with van der Waals surface area (Å²) in [4.78, 5) is 0. The van der Waals surface area contributed by atoms with Crippen molar-refractivity contribution in [2.75, 3.05) is 12.3 Å². The minimum absolute atomic E-state index is 0.684.